The van der Waals surface area contributed by atoms with E-state index in [9.17, 15) is 4.79 Å². The number of carbonyl (C=O) groups excluding carboxylic acids is 1. The summed E-state index contributed by atoms with van der Waals surface area (Å²) in [5.41, 5.74) is 0.925. The van der Waals surface area contributed by atoms with Gasteiger partial charge in [-0.1, -0.05) is 62.9 Å². The lowest BCUT2D eigenvalue weighted by atomic mass is 10.1. The van der Waals surface area contributed by atoms with E-state index in [1.165, 1.54) is 24.6 Å². The van der Waals surface area contributed by atoms with Gasteiger partial charge < -0.3 is 9.64 Å². The van der Waals surface area contributed by atoms with Crippen molar-refractivity contribution in [1.82, 2.24) is 0 Å². The number of anilines is 1. The predicted molar refractivity (Wildman–Crippen MR) is 96.9 cm³/mol. The minimum Gasteiger partial charge on any atom is -0.380 e. The highest BCUT2D eigenvalue weighted by molar-refractivity contribution is 5.88. The number of nitrogens with zero attached hydrogens (tertiary/aromatic N) is 1. The van der Waals surface area contributed by atoms with E-state index in [4.69, 9.17) is 4.74 Å². The van der Waals surface area contributed by atoms with Crippen molar-refractivity contribution in [1.29, 1.82) is 0 Å². The Balaban J connectivity index is 2.03. The third kappa shape index (κ3) is 5.07. The Morgan fingerprint density at radius 2 is 1.87 bits per heavy atom. The summed E-state index contributed by atoms with van der Waals surface area (Å²) in [4.78, 5) is 13.3. The Bertz CT molecular complexity index is 611. The second-order valence-electron chi connectivity index (χ2n) is 6.00. The van der Waals surface area contributed by atoms with E-state index in [1.807, 2.05) is 18.2 Å². The van der Waals surface area contributed by atoms with Crippen molar-refractivity contribution >= 4 is 22.9 Å². The van der Waals surface area contributed by atoms with Crippen LogP contribution >= 0.6 is 0 Å². The molecule has 0 saturated heterocycles. The number of carbonyl (C=O) groups is 1. The van der Waals surface area contributed by atoms with Crippen molar-refractivity contribution in [3.05, 3.63) is 42.5 Å². The zero-order valence-corrected chi connectivity index (χ0v) is 14.2. The number of benzene rings is 2. The van der Waals surface area contributed by atoms with Gasteiger partial charge >= 0.3 is 0 Å². The number of unbranched alkanes of at least 4 members (excludes halogenated alkanes) is 3. The third-order valence-electron chi connectivity index (χ3n) is 4.31. The summed E-state index contributed by atoms with van der Waals surface area (Å²) in [5, 5.41) is 2.33. The van der Waals surface area contributed by atoms with E-state index in [0.717, 1.165) is 30.3 Å². The molecule has 0 spiro atoms. The fourth-order valence-electron chi connectivity index (χ4n) is 2.87. The van der Waals surface area contributed by atoms with E-state index in [2.05, 4.69) is 31.2 Å². The molecule has 2 rings (SSSR count). The molecule has 1 unspecified atom stereocenters. The standard InChI is InChI=1S/C20H27NO2/c1-3-4-5-6-11-20(23-2)15-21(16-22)19-13-12-17-9-7-8-10-18(17)14-19/h7-10,12-14,16,20H,3-6,11,15H2,1-2H3. The van der Waals surface area contributed by atoms with Crippen LogP contribution in [0.2, 0.25) is 0 Å². The monoisotopic (exact) mass is 313 g/mol. The van der Waals surface area contributed by atoms with Crippen LogP contribution in [-0.2, 0) is 9.53 Å². The Kier molecular flexibility index (Phi) is 7.08. The van der Waals surface area contributed by atoms with Crippen LogP contribution in [0.3, 0.4) is 0 Å². The third-order valence-corrected chi connectivity index (χ3v) is 4.31. The van der Waals surface area contributed by atoms with Crippen LogP contribution in [0.1, 0.15) is 39.0 Å². The summed E-state index contributed by atoms with van der Waals surface area (Å²) < 4.78 is 5.57. The first-order valence-corrected chi connectivity index (χ1v) is 8.52. The van der Waals surface area contributed by atoms with Gasteiger partial charge in [-0.2, -0.15) is 0 Å². The molecule has 0 N–H and O–H groups in total. The van der Waals surface area contributed by atoms with Crippen LogP contribution in [-0.4, -0.2) is 26.2 Å². The number of rotatable bonds is 10. The maximum Gasteiger partial charge on any atom is 0.214 e. The Morgan fingerprint density at radius 1 is 1.09 bits per heavy atom. The van der Waals surface area contributed by atoms with Gasteiger partial charge in [0.25, 0.3) is 0 Å². The fraction of sp³-hybridized carbons (Fsp3) is 0.450. The number of amides is 1. The van der Waals surface area contributed by atoms with Crippen LogP contribution in [0.25, 0.3) is 10.8 Å². The maximum absolute atomic E-state index is 11.5. The van der Waals surface area contributed by atoms with Crippen LogP contribution < -0.4 is 4.90 Å². The van der Waals surface area contributed by atoms with E-state index < -0.39 is 0 Å². The van der Waals surface area contributed by atoms with Gasteiger partial charge in [-0.05, 0) is 29.3 Å². The highest BCUT2D eigenvalue weighted by Crippen LogP contribution is 2.22. The van der Waals surface area contributed by atoms with E-state index in [1.54, 1.807) is 12.0 Å². The number of methoxy groups -OCH3 is 1. The number of ether oxygens (including phenoxy) is 1. The molecule has 23 heavy (non-hydrogen) atoms. The highest BCUT2D eigenvalue weighted by atomic mass is 16.5. The van der Waals surface area contributed by atoms with Gasteiger partial charge in [0.05, 0.1) is 12.6 Å². The lowest BCUT2D eigenvalue weighted by Gasteiger charge is -2.24. The van der Waals surface area contributed by atoms with Crippen molar-refractivity contribution in [2.75, 3.05) is 18.6 Å². The molecule has 0 saturated carbocycles. The molecule has 0 radical (unpaired) electrons. The van der Waals surface area contributed by atoms with Gasteiger partial charge in [0.2, 0.25) is 6.41 Å². The topological polar surface area (TPSA) is 29.5 Å². The maximum atomic E-state index is 11.5. The normalized spacial score (nSPS) is 12.3. The molecule has 0 aliphatic heterocycles. The Morgan fingerprint density at radius 3 is 2.57 bits per heavy atom. The van der Waals surface area contributed by atoms with Gasteiger partial charge in [0.15, 0.2) is 0 Å². The van der Waals surface area contributed by atoms with Crippen LogP contribution in [0.4, 0.5) is 5.69 Å². The molecule has 0 bridgehead atoms. The minimum absolute atomic E-state index is 0.0866. The number of hydrogen-bond donors (Lipinski definition) is 0. The summed E-state index contributed by atoms with van der Waals surface area (Å²) in [6.45, 7) is 2.81. The molecule has 2 aromatic rings. The first kappa shape index (κ1) is 17.5. The second kappa shape index (κ2) is 9.31. The molecule has 1 amide bonds. The summed E-state index contributed by atoms with van der Waals surface area (Å²) in [6.07, 6.45) is 6.86. The van der Waals surface area contributed by atoms with Crippen LogP contribution in [0.15, 0.2) is 42.5 Å². The van der Waals surface area contributed by atoms with Crippen molar-refractivity contribution in [2.24, 2.45) is 0 Å². The molecule has 3 nitrogen and oxygen atoms in total. The van der Waals surface area contributed by atoms with Crippen LogP contribution in [0, 0.1) is 0 Å². The number of hydrogen-bond acceptors (Lipinski definition) is 2. The molecule has 2 aromatic carbocycles. The zero-order chi connectivity index (χ0) is 16.5. The second-order valence-corrected chi connectivity index (χ2v) is 6.00. The highest BCUT2D eigenvalue weighted by Gasteiger charge is 2.14. The molecule has 0 fully saturated rings. The first-order valence-electron chi connectivity index (χ1n) is 8.52. The largest absolute Gasteiger partial charge is 0.380 e. The summed E-state index contributed by atoms with van der Waals surface area (Å²) in [7, 11) is 1.73. The zero-order valence-electron chi connectivity index (χ0n) is 14.2. The number of fused-ring (bicyclic) bond motifs is 1. The molecule has 124 valence electrons. The van der Waals surface area contributed by atoms with E-state index in [0.29, 0.717) is 6.54 Å². The smallest absolute Gasteiger partial charge is 0.214 e. The van der Waals surface area contributed by atoms with E-state index >= 15 is 0 Å². The molecule has 0 aliphatic rings. The fourth-order valence-corrected chi connectivity index (χ4v) is 2.87. The summed E-state index contributed by atoms with van der Waals surface area (Å²) in [6, 6.07) is 14.3. The predicted octanol–water partition coefficient (Wildman–Crippen LogP) is 4.79. The van der Waals surface area contributed by atoms with Gasteiger partial charge in [-0.15, -0.1) is 0 Å². The molecule has 0 aromatic heterocycles. The first-order chi connectivity index (χ1) is 11.3. The molecule has 3 heteroatoms. The average Bonchev–Trinajstić information content (AvgIpc) is 2.61. The molecular formula is C20H27NO2. The molecule has 1 atom stereocenters. The van der Waals surface area contributed by atoms with Crippen molar-refractivity contribution in [2.45, 2.75) is 45.1 Å². The SMILES string of the molecule is CCCCCCC(CN(C=O)c1ccc2ccccc2c1)OC. The molecule has 0 heterocycles. The summed E-state index contributed by atoms with van der Waals surface area (Å²) >= 11 is 0. The van der Waals surface area contributed by atoms with Crippen LogP contribution in [0.5, 0.6) is 0 Å². The van der Waals surface area contributed by atoms with Gasteiger partial charge in [-0.3, -0.25) is 4.79 Å². The average molecular weight is 313 g/mol. The van der Waals surface area contributed by atoms with Crippen molar-refractivity contribution < 1.29 is 9.53 Å². The Labute approximate surface area is 139 Å². The lowest BCUT2D eigenvalue weighted by molar-refractivity contribution is -0.107. The molecule has 0 aliphatic carbocycles. The van der Waals surface area contributed by atoms with E-state index in [-0.39, 0.29) is 6.10 Å². The Hall–Kier alpha value is -1.87. The lowest BCUT2D eigenvalue weighted by Crippen LogP contribution is -2.32. The summed E-state index contributed by atoms with van der Waals surface area (Å²) in [5.74, 6) is 0. The quantitative estimate of drug-likeness (QED) is 0.466. The van der Waals surface area contributed by atoms with Gasteiger partial charge in [0.1, 0.15) is 0 Å². The minimum atomic E-state index is 0.0866. The van der Waals surface area contributed by atoms with Crippen molar-refractivity contribution in [3.8, 4) is 0 Å². The van der Waals surface area contributed by atoms with Gasteiger partial charge in [0, 0.05) is 12.8 Å². The van der Waals surface area contributed by atoms with Crippen molar-refractivity contribution in [3.63, 3.8) is 0 Å². The van der Waals surface area contributed by atoms with Gasteiger partial charge in [-0.25, -0.2) is 0 Å². The molecular weight excluding hydrogens is 286 g/mol.